The fraction of sp³-hybridized carbons (Fsp3) is 0.571. The van der Waals surface area contributed by atoms with E-state index in [9.17, 15) is 0 Å². The molecule has 104 valence electrons. The highest BCUT2D eigenvalue weighted by Crippen LogP contribution is 2.21. The molecule has 0 spiro atoms. The van der Waals surface area contributed by atoms with E-state index >= 15 is 0 Å². The van der Waals surface area contributed by atoms with Crippen LogP contribution in [0.2, 0.25) is 0 Å². The highest BCUT2D eigenvalue weighted by Gasteiger charge is 2.21. The monoisotopic (exact) mass is 263 g/mol. The number of hydrogen-bond donors (Lipinski definition) is 0. The van der Waals surface area contributed by atoms with Crippen LogP contribution in [-0.4, -0.2) is 21.6 Å². The van der Waals surface area contributed by atoms with E-state index in [-0.39, 0.29) is 6.04 Å². The van der Waals surface area contributed by atoms with Gasteiger partial charge < -0.3 is 8.94 Å². The van der Waals surface area contributed by atoms with Crippen molar-refractivity contribution in [2.24, 2.45) is 0 Å². The maximum absolute atomic E-state index is 5.39. The van der Waals surface area contributed by atoms with Crippen molar-refractivity contribution in [3.8, 4) is 0 Å². The molecule has 0 radical (unpaired) electrons. The lowest BCUT2D eigenvalue weighted by atomic mass is 10.2. The van der Waals surface area contributed by atoms with E-state index in [1.54, 1.807) is 6.26 Å². The van der Waals surface area contributed by atoms with Crippen LogP contribution in [0.25, 0.3) is 0 Å². The SMILES string of the molecule is CCCc1noc([C@H](C)N(CC)Cc2ccco2)n1. The number of aromatic nitrogens is 2. The Bertz CT molecular complexity index is 479. The zero-order valence-corrected chi connectivity index (χ0v) is 11.8. The highest BCUT2D eigenvalue weighted by molar-refractivity contribution is 5.00. The Morgan fingerprint density at radius 3 is 2.84 bits per heavy atom. The summed E-state index contributed by atoms with van der Waals surface area (Å²) in [6.45, 7) is 7.94. The first-order chi connectivity index (χ1) is 9.24. The average Bonchev–Trinajstić information content (AvgIpc) is 3.06. The fourth-order valence-electron chi connectivity index (χ4n) is 2.04. The third-order valence-electron chi connectivity index (χ3n) is 3.21. The predicted octanol–water partition coefficient (Wildman–Crippen LogP) is 3.20. The van der Waals surface area contributed by atoms with Crippen LogP contribution in [0.5, 0.6) is 0 Å². The van der Waals surface area contributed by atoms with Crippen LogP contribution in [0, 0.1) is 0 Å². The summed E-state index contributed by atoms with van der Waals surface area (Å²) in [5.74, 6) is 2.41. The van der Waals surface area contributed by atoms with Gasteiger partial charge in [-0.1, -0.05) is 19.0 Å². The molecule has 5 nitrogen and oxygen atoms in total. The van der Waals surface area contributed by atoms with Crippen molar-refractivity contribution in [3.63, 3.8) is 0 Å². The average molecular weight is 263 g/mol. The molecule has 0 saturated heterocycles. The van der Waals surface area contributed by atoms with Gasteiger partial charge in [0.2, 0.25) is 5.89 Å². The minimum absolute atomic E-state index is 0.0909. The van der Waals surface area contributed by atoms with Gasteiger partial charge in [-0.25, -0.2) is 0 Å². The van der Waals surface area contributed by atoms with Crippen molar-refractivity contribution >= 4 is 0 Å². The first kappa shape index (κ1) is 13.8. The maximum Gasteiger partial charge on any atom is 0.243 e. The van der Waals surface area contributed by atoms with Crippen molar-refractivity contribution in [1.82, 2.24) is 15.0 Å². The summed E-state index contributed by atoms with van der Waals surface area (Å²) in [6, 6.07) is 3.97. The lowest BCUT2D eigenvalue weighted by Gasteiger charge is -2.23. The van der Waals surface area contributed by atoms with Crippen LogP contribution >= 0.6 is 0 Å². The second-order valence-electron chi connectivity index (χ2n) is 4.62. The molecule has 5 heteroatoms. The van der Waals surface area contributed by atoms with Crippen molar-refractivity contribution in [2.45, 2.75) is 46.2 Å². The van der Waals surface area contributed by atoms with Gasteiger partial charge in [0.05, 0.1) is 18.8 Å². The van der Waals surface area contributed by atoms with Crippen LogP contribution in [0.15, 0.2) is 27.3 Å². The van der Waals surface area contributed by atoms with E-state index in [0.717, 1.165) is 37.5 Å². The van der Waals surface area contributed by atoms with Gasteiger partial charge in [0, 0.05) is 6.42 Å². The molecule has 0 saturated carbocycles. The van der Waals surface area contributed by atoms with Gasteiger partial charge in [-0.2, -0.15) is 4.98 Å². The number of furan rings is 1. The first-order valence-corrected chi connectivity index (χ1v) is 6.83. The molecule has 0 amide bonds. The molecular formula is C14H21N3O2. The van der Waals surface area contributed by atoms with Gasteiger partial charge in [0.15, 0.2) is 5.82 Å². The smallest absolute Gasteiger partial charge is 0.243 e. The van der Waals surface area contributed by atoms with Crippen LogP contribution < -0.4 is 0 Å². The molecule has 1 atom stereocenters. The van der Waals surface area contributed by atoms with Crippen LogP contribution in [0.4, 0.5) is 0 Å². The summed E-state index contributed by atoms with van der Waals surface area (Å²) >= 11 is 0. The summed E-state index contributed by atoms with van der Waals surface area (Å²) in [4.78, 5) is 6.69. The lowest BCUT2D eigenvalue weighted by Crippen LogP contribution is -2.26. The highest BCUT2D eigenvalue weighted by atomic mass is 16.5. The second kappa shape index (κ2) is 6.52. The lowest BCUT2D eigenvalue weighted by molar-refractivity contribution is 0.162. The van der Waals surface area contributed by atoms with Crippen LogP contribution in [-0.2, 0) is 13.0 Å². The Kier molecular flexibility index (Phi) is 4.74. The maximum atomic E-state index is 5.39. The zero-order valence-electron chi connectivity index (χ0n) is 11.8. The molecule has 0 unspecified atom stereocenters. The molecule has 0 N–H and O–H groups in total. The largest absolute Gasteiger partial charge is 0.468 e. The molecule has 0 bridgehead atoms. The molecule has 0 fully saturated rings. The van der Waals surface area contributed by atoms with Gasteiger partial charge in [-0.3, -0.25) is 4.90 Å². The van der Waals surface area contributed by atoms with E-state index < -0.39 is 0 Å². The summed E-state index contributed by atoms with van der Waals surface area (Å²) in [6.07, 6.45) is 3.58. The molecule has 2 aromatic rings. The van der Waals surface area contributed by atoms with Crippen LogP contribution in [0.1, 0.15) is 50.7 Å². The summed E-state index contributed by atoms with van der Waals surface area (Å²) in [7, 11) is 0. The predicted molar refractivity (Wildman–Crippen MR) is 71.5 cm³/mol. The first-order valence-electron chi connectivity index (χ1n) is 6.83. The summed E-state index contributed by atoms with van der Waals surface area (Å²) in [5, 5.41) is 4.00. The molecule has 0 aliphatic rings. The van der Waals surface area contributed by atoms with E-state index in [2.05, 4.69) is 35.8 Å². The molecule has 2 heterocycles. The minimum atomic E-state index is 0.0909. The molecule has 0 aliphatic heterocycles. The van der Waals surface area contributed by atoms with Crippen molar-refractivity contribution in [3.05, 3.63) is 35.9 Å². The van der Waals surface area contributed by atoms with E-state index in [0.29, 0.717) is 5.89 Å². The van der Waals surface area contributed by atoms with Crippen LogP contribution in [0.3, 0.4) is 0 Å². The van der Waals surface area contributed by atoms with Crippen molar-refractivity contribution in [1.29, 1.82) is 0 Å². The molecule has 2 aromatic heterocycles. The third kappa shape index (κ3) is 3.44. The molecule has 0 aromatic carbocycles. The third-order valence-corrected chi connectivity index (χ3v) is 3.21. The van der Waals surface area contributed by atoms with Gasteiger partial charge in [-0.05, 0) is 32.0 Å². The quantitative estimate of drug-likeness (QED) is 0.767. The Balaban J connectivity index is 2.04. The fourth-order valence-corrected chi connectivity index (χ4v) is 2.04. The molecule has 19 heavy (non-hydrogen) atoms. The number of hydrogen-bond acceptors (Lipinski definition) is 5. The van der Waals surface area contributed by atoms with Crippen molar-refractivity contribution in [2.75, 3.05) is 6.54 Å². The normalized spacial score (nSPS) is 13.1. The second-order valence-corrected chi connectivity index (χ2v) is 4.62. The van der Waals surface area contributed by atoms with Gasteiger partial charge in [0.1, 0.15) is 5.76 Å². The Labute approximate surface area is 113 Å². The standard InChI is InChI=1S/C14H21N3O2/c1-4-7-13-15-14(19-16-13)11(3)17(5-2)10-12-8-6-9-18-12/h6,8-9,11H,4-5,7,10H2,1-3H3/t11-/m0/s1. The van der Waals surface area contributed by atoms with Crippen molar-refractivity contribution < 1.29 is 8.94 Å². The van der Waals surface area contributed by atoms with Gasteiger partial charge in [-0.15, -0.1) is 0 Å². The molecule has 0 aliphatic carbocycles. The van der Waals surface area contributed by atoms with E-state index in [1.165, 1.54) is 0 Å². The van der Waals surface area contributed by atoms with Gasteiger partial charge >= 0.3 is 0 Å². The molecular weight excluding hydrogens is 242 g/mol. The number of rotatable bonds is 7. The Hall–Kier alpha value is -1.62. The number of nitrogens with zero attached hydrogens (tertiary/aromatic N) is 3. The van der Waals surface area contributed by atoms with Gasteiger partial charge in [0.25, 0.3) is 0 Å². The number of aryl methyl sites for hydroxylation is 1. The molecule has 2 rings (SSSR count). The van der Waals surface area contributed by atoms with E-state index in [1.807, 2.05) is 12.1 Å². The zero-order chi connectivity index (χ0) is 13.7. The minimum Gasteiger partial charge on any atom is -0.468 e. The summed E-state index contributed by atoms with van der Waals surface area (Å²) in [5.41, 5.74) is 0. The topological polar surface area (TPSA) is 55.3 Å². The Morgan fingerprint density at radius 1 is 1.37 bits per heavy atom. The Morgan fingerprint density at radius 2 is 2.21 bits per heavy atom. The van der Waals surface area contributed by atoms with E-state index in [4.69, 9.17) is 8.94 Å². The summed E-state index contributed by atoms with van der Waals surface area (Å²) < 4.78 is 10.7.